The minimum atomic E-state index is -0.927. The normalized spacial score (nSPS) is 12.7. The Hall–Kier alpha value is -2.47. The highest BCUT2D eigenvalue weighted by Gasteiger charge is 2.14. The smallest absolute Gasteiger partial charge is 0.180 e. The van der Waals surface area contributed by atoms with Gasteiger partial charge in [0.1, 0.15) is 22.2 Å². The number of aromatic nitrogens is 6. The zero-order valence-corrected chi connectivity index (χ0v) is 17.1. The average molecular weight is 417 g/mol. The van der Waals surface area contributed by atoms with Crippen LogP contribution >= 0.6 is 11.5 Å². The fourth-order valence-electron chi connectivity index (χ4n) is 2.69. The number of fused-ring (bicyclic) bond motifs is 1. The number of imidazole rings is 1. The predicted octanol–water partition coefficient (Wildman–Crippen LogP) is 2.13. The number of anilines is 2. The van der Waals surface area contributed by atoms with E-state index in [1.807, 2.05) is 41.9 Å². The SMILES string of the molecule is CN(C)CC[S+]([O-])Cc1cc(Nc2nccn3c(-c4cn[nH]c4)cnc23)sn1. The van der Waals surface area contributed by atoms with Crippen LogP contribution in [0.3, 0.4) is 0 Å². The molecule has 4 heterocycles. The molecule has 4 rings (SSSR count). The summed E-state index contributed by atoms with van der Waals surface area (Å²) in [6.07, 6.45) is 8.95. The van der Waals surface area contributed by atoms with Gasteiger partial charge in [-0.3, -0.25) is 9.50 Å². The lowest BCUT2D eigenvalue weighted by molar-refractivity contribution is 0.432. The average Bonchev–Trinajstić information content (AvgIpc) is 3.40. The van der Waals surface area contributed by atoms with Gasteiger partial charge in [-0.2, -0.15) is 9.47 Å². The van der Waals surface area contributed by atoms with Gasteiger partial charge >= 0.3 is 0 Å². The van der Waals surface area contributed by atoms with Gasteiger partial charge in [-0.1, -0.05) is 0 Å². The third kappa shape index (κ3) is 4.17. The standard InChI is InChI=1S/C17H20N8OS2/c1-24(2)5-6-28(26)11-13-7-15(27-23-13)22-16-17-19-10-14(12-8-20-21-9-12)25(17)4-3-18-16/h3-4,7-10H,5-6,11H2,1-2H3,(H,18,22)(H,20,21). The van der Waals surface area contributed by atoms with Gasteiger partial charge < -0.3 is 14.8 Å². The first-order valence-corrected chi connectivity index (χ1v) is 10.9. The maximum atomic E-state index is 12.2. The molecule has 146 valence electrons. The van der Waals surface area contributed by atoms with E-state index < -0.39 is 11.2 Å². The highest BCUT2D eigenvalue weighted by atomic mass is 32.2. The number of nitrogens with zero attached hydrogens (tertiary/aromatic N) is 6. The van der Waals surface area contributed by atoms with Crippen LogP contribution in [0.15, 0.2) is 37.1 Å². The van der Waals surface area contributed by atoms with Gasteiger partial charge in [0.05, 0.1) is 18.1 Å². The van der Waals surface area contributed by atoms with Crippen molar-refractivity contribution < 1.29 is 4.55 Å². The summed E-state index contributed by atoms with van der Waals surface area (Å²) in [4.78, 5) is 10.9. The molecule has 1 unspecified atom stereocenters. The molecule has 0 aromatic carbocycles. The van der Waals surface area contributed by atoms with E-state index in [4.69, 9.17) is 0 Å². The Bertz CT molecular complexity index is 1040. The molecule has 0 spiro atoms. The highest BCUT2D eigenvalue weighted by molar-refractivity contribution is 7.90. The lowest BCUT2D eigenvalue weighted by atomic mass is 10.3. The molecule has 11 heteroatoms. The summed E-state index contributed by atoms with van der Waals surface area (Å²) < 4.78 is 18.5. The van der Waals surface area contributed by atoms with Gasteiger partial charge in [0.25, 0.3) is 0 Å². The van der Waals surface area contributed by atoms with Crippen molar-refractivity contribution in [1.29, 1.82) is 0 Å². The van der Waals surface area contributed by atoms with Gasteiger partial charge in [0.15, 0.2) is 11.5 Å². The molecule has 4 aromatic heterocycles. The predicted molar refractivity (Wildman–Crippen MR) is 111 cm³/mol. The highest BCUT2D eigenvalue weighted by Crippen LogP contribution is 2.26. The van der Waals surface area contributed by atoms with E-state index in [0.717, 1.165) is 28.5 Å². The molecule has 0 saturated carbocycles. The first-order valence-electron chi connectivity index (χ1n) is 8.63. The lowest BCUT2D eigenvalue weighted by Gasteiger charge is -2.12. The van der Waals surface area contributed by atoms with Crippen molar-refractivity contribution in [2.24, 2.45) is 0 Å². The minimum Gasteiger partial charge on any atom is -0.616 e. The van der Waals surface area contributed by atoms with Crippen molar-refractivity contribution in [3.63, 3.8) is 0 Å². The topological polar surface area (TPSA) is 110 Å². The van der Waals surface area contributed by atoms with Gasteiger partial charge in [-0.15, -0.1) is 0 Å². The largest absolute Gasteiger partial charge is 0.616 e. The van der Waals surface area contributed by atoms with E-state index >= 15 is 0 Å². The Kier molecular flexibility index (Phi) is 5.57. The number of aromatic amines is 1. The van der Waals surface area contributed by atoms with Crippen LogP contribution in [-0.4, -0.2) is 64.8 Å². The van der Waals surface area contributed by atoms with Crippen molar-refractivity contribution in [3.8, 4) is 11.3 Å². The Morgan fingerprint density at radius 3 is 3.00 bits per heavy atom. The van der Waals surface area contributed by atoms with Crippen molar-refractivity contribution in [2.45, 2.75) is 5.75 Å². The zero-order chi connectivity index (χ0) is 19.5. The summed E-state index contributed by atoms with van der Waals surface area (Å²) in [7, 11) is 3.95. The van der Waals surface area contributed by atoms with Crippen LogP contribution in [0.1, 0.15) is 5.69 Å². The summed E-state index contributed by atoms with van der Waals surface area (Å²) in [5.41, 5.74) is 3.41. The van der Waals surface area contributed by atoms with Crippen LogP contribution in [-0.2, 0) is 16.9 Å². The Balaban J connectivity index is 1.49. The molecule has 1 atom stereocenters. The molecule has 0 aliphatic rings. The van der Waals surface area contributed by atoms with E-state index in [-0.39, 0.29) is 0 Å². The number of rotatable bonds is 8. The van der Waals surface area contributed by atoms with Crippen LogP contribution in [0.5, 0.6) is 0 Å². The van der Waals surface area contributed by atoms with Crippen LogP contribution in [0.2, 0.25) is 0 Å². The van der Waals surface area contributed by atoms with Gasteiger partial charge in [0.2, 0.25) is 0 Å². The maximum absolute atomic E-state index is 12.2. The van der Waals surface area contributed by atoms with Gasteiger partial charge in [-0.05, 0) is 36.8 Å². The Labute approximate surface area is 169 Å². The van der Waals surface area contributed by atoms with Crippen LogP contribution < -0.4 is 5.32 Å². The molecule has 0 radical (unpaired) electrons. The minimum absolute atomic E-state index is 0.456. The molecule has 28 heavy (non-hydrogen) atoms. The van der Waals surface area contributed by atoms with Crippen LogP contribution in [0.25, 0.3) is 16.9 Å². The first-order chi connectivity index (χ1) is 13.6. The number of nitrogens with one attached hydrogen (secondary N) is 2. The Morgan fingerprint density at radius 1 is 1.32 bits per heavy atom. The molecule has 0 saturated heterocycles. The van der Waals surface area contributed by atoms with Crippen LogP contribution in [0.4, 0.5) is 10.8 Å². The summed E-state index contributed by atoms with van der Waals surface area (Å²) >= 11 is 0.399. The van der Waals surface area contributed by atoms with Gasteiger partial charge in [-0.25, -0.2) is 9.97 Å². The fraction of sp³-hybridized carbons (Fsp3) is 0.294. The molecule has 0 amide bonds. The van der Waals surface area contributed by atoms with Crippen molar-refractivity contribution in [1.82, 2.24) is 33.8 Å². The second-order valence-electron chi connectivity index (χ2n) is 6.50. The molecule has 2 N–H and O–H groups in total. The quantitative estimate of drug-likeness (QED) is 0.423. The van der Waals surface area contributed by atoms with E-state index in [1.165, 1.54) is 11.5 Å². The summed E-state index contributed by atoms with van der Waals surface area (Å²) in [5.74, 6) is 1.73. The molecule has 9 nitrogen and oxygen atoms in total. The number of hydrogen-bond acceptors (Lipinski definition) is 8. The summed E-state index contributed by atoms with van der Waals surface area (Å²) in [5, 5.41) is 10.9. The molecule has 0 aliphatic heterocycles. The lowest BCUT2D eigenvalue weighted by Crippen LogP contribution is -2.22. The van der Waals surface area contributed by atoms with Crippen molar-refractivity contribution >= 4 is 39.2 Å². The van der Waals surface area contributed by atoms with Crippen molar-refractivity contribution in [2.75, 3.05) is 31.7 Å². The van der Waals surface area contributed by atoms with Crippen LogP contribution in [0, 0.1) is 0 Å². The Morgan fingerprint density at radius 2 is 2.21 bits per heavy atom. The molecular formula is C17H20N8OS2. The number of H-pyrrole nitrogens is 1. The summed E-state index contributed by atoms with van der Waals surface area (Å²) in [6, 6.07) is 1.92. The fourth-order valence-corrected chi connectivity index (χ4v) is 4.63. The van der Waals surface area contributed by atoms with E-state index in [1.54, 1.807) is 18.6 Å². The summed E-state index contributed by atoms with van der Waals surface area (Å²) in [6.45, 7) is 0.798. The van der Waals surface area contributed by atoms with Gasteiger partial charge in [0, 0.05) is 36.8 Å². The monoisotopic (exact) mass is 416 g/mol. The molecule has 0 aliphatic carbocycles. The molecule has 0 bridgehead atoms. The zero-order valence-electron chi connectivity index (χ0n) is 15.5. The third-order valence-corrected chi connectivity index (χ3v) is 6.10. The molecular weight excluding hydrogens is 396 g/mol. The maximum Gasteiger partial charge on any atom is 0.180 e. The molecule has 0 fully saturated rings. The van der Waals surface area contributed by atoms with E-state index in [9.17, 15) is 4.55 Å². The molecule has 4 aromatic rings. The van der Waals surface area contributed by atoms with E-state index in [2.05, 4.69) is 29.9 Å². The first kappa shape index (κ1) is 18.9. The second kappa shape index (κ2) is 8.27. The second-order valence-corrected chi connectivity index (χ2v) is 8.88. The number of hydrogen-bond donors (Lipinski definition) is 2. The van der Waals surface area contributed by atoms with Crippen molar-refractivity contribution in [3.05, 3.63) is 42.7 Å². The third-order valence-electron chi connectivity index (χ3n) is 4.10. The van der Waals surface area contributed by atoms with E-state index in [0.29, 0.717) is 23.0 Å².